The Balaban J connectivity index is 1.34. The molecule has 5 heteroatoms. The van der Waals surface area contributed by atoms with Gasteiger partial charge in [-0.1, -0.05) is 37.6 Å². The number of aromatic hydroxyl groups is 1. The molecule has 1 aromatic carbocycles. The van der Waals surface area contributed by atoms with Crippen molar-refractivity contribution in [2.24, 2.45) is 28.6 Å². The number of hydrogen-bond donors (Lipinski definition) is 3. The monoisotopic (exact) mass is 454 g/mol. The normalized spacial score (nSPS) is 44.4. The van der Waals surface area contributed by atoms with Gasteiger partial charge in [-0.05, 0) is 86.3 Å². The second-order valence-corrected chi connectivity index (χ2v) is 11.7. The molecule has 7 atom stereocenters. The van der Waals surface area contributed by atoms with E-state index in [1.165, 1.54) is 5.57 Å². The molecule has 5 nitrogen and oxygen atoms in total. The van der Waals surface area contributed by atoms with Crippen LogP contribution in [0.4, 0.5) is 0 Å². The topological polar surface area (TPSA) is 87.0 Å². The van der Waals surface area contributed by atoms with E-state index in [0.717, 1.165) is 37.7 Å². The summed E-state index contributed by atoms with van der Waals surface area (Å²) in [7, 11) is 0. The molecule has 33 heavy (non-hydrogen) atoms. The zero-order valence-electron chi connectivity index (χ0n) is 20.1. The number of ketones is 1. The van der Waals surface area contributed by atoms with Gasteiger partial charge in [0.05, 0.1) is 6.61 Å². The first kappa shape index (κ1) is 23.1. The Bertz CT molecular complexity index is 969. The van der Waals surface area contributed by atoms with Crippen LogP contribution in [0.5, 0.6) is 5.75 Å². The molecular formula is C28H38O5. The van der Waals surface area contributed by atoms with Gasteiger partial charge in [0.15, 0.2) is 11.6 Å². The highest BCUT2D eigenvalue weighted by Crippen LogP contribution is 2.67. The first-order chi connectivity index (χ1) is 15.5. The molecule has 180 valence electrons. The molecule has 0 bridgehead atoms. The van der Waals surface area contributed by atoms with Crippen LogP contribution >= 0.6 is 0 Å². The Morgan fingerprint density at radius 2 is 1.73 bits per heavy atom. The van der Waals surface area contributed by atoms with Crippen molar-refractivity contribution in [2.45, 2.75) is 90.1 Å². The third-order valence-electron chi connectivity index (χ3n) is 10.3. The summed E-state index contributed by atoms with van der Waals surface area (Å²) in [5.74, 6) is 0.354. The van der Waals surface area contributed by atoms with Crippen molar-refractivity contribution >= 4 is 5.78 Å². The van der Waals surface area contributed by atoms with Gasteiger partial charge >= 0.3 is 0 Å². The van der Waals surface area contributed by atoms with Crippen molar-refractivity contribution in [1.82, 2.24) is 0 Å². The number of phenols is 1. The summed E-state index contributed by atoms with van der Waals surface area (Å²) in [5.41, 5.74) is 0.770. The van der Waals surface area contributed by atoms with Crippen LogP contribution in [-0.2, 0) is 16.1 Å². The second kappa shape index (κ2) is 7.66. The number of rotatable bonds is 4. The number of phenolic OH excluding ortho intramolecular Hbond substituents is 1. The van der Waals surface area contributed by atoms with Crippen molar-refractivity contribution < 1.29 is 24.9 Å². The Hall–Kier alpha value is -1.69. The highest BCUT2D eigenvalue weighted by atomic mass is 16.6. The van der Waals surface area contributed by atoms with Crippen molar-refractivity contribution in [3.63, 3.8) is 0 Å². The molecule has 4 aliphatic rings. The first-order valence-electron chi connectivity index (χ1n) is 12.6. The van der Waals surface area contributed by atoms with Gasteiger partial charge in [0, 0.05) is 18.3 Å². The molecule has 0 aromatic heterocycles. The Kier molecular flexibility index (Phi) is 5.35. The average Bonchev–Trinajstić information content (AvgIpc) is 3.06. The number of benzene rings is 1. The summed E-state index contributed by atoms with van der Waals surface area (Å²) in [6, 6.07) is 6.91. The maximum atomic E-state index is 12.4. The van der Waals surface area contributed by atoms with E-state index in [1.54, 1.807) is 19.1 Å². The number of ether oxygens (including phenoxy) is 1. The molecular weight excluding hydrogens is 416 g/mol. The molecule has 0 saturated heterocycles. The molecule has 0 amide bonds. The van der Waals surface area contributed by atoms with Crippen LogP contribution in [0.3, 0.4) is 0 Å². The molecule has 0 heterocycles. The van der Waals surface area contributed by atoms with E-state index in [0.29, 0.717) is 43.6 Å². The smallest absolute Gasteiger partial charge is 0.169 e. The van der Waals surface area contributed by atoms with Gasteiger partial charge in [-0.15, -0.1) is 0 Å². The summed E-state index contributed by atoms with van der Waals surface area (Å²) >= 11 is 0. The molecule has 3 fully saturated rings. The number of Topliss-reactive ketones (excluding diaryl/α,β-unsaturated/α-hetero) is 1. The fourth-order valence-corrected chi connectivity index (χ4v) is 8.15. The molecule has 5 rings (SSSR count). The third-order valence-corrected chi connectivity index (χ3v) is 10.3. The molecule has 0 spiro atoms. The standard InChI is InChI=1S/C28H38O5/c1-18(29)28(32)13-11-24-22-9-6-20-16-27(31,33-17-19-4-7-21(30)8-5-19)15-14-25(20,2)23(22)10-12-26(24,28)3/h4-8,22-24,30-32H,9-17H2,1-3H3/t22?,23?,24?,25-,26-,27-,28+/m0/s1. The van der Waals surface area contributed by atoms with Gasteiger partial charge in [-0.2, -0.15) is 0 Å². The fraction of sp³-hybridized carbons (Fsp3) is 0.679. The van der Waals surface area contributed by atoms with Crippen LogP contribution in [0.1, 0.15) is 77.7 Å². The number of fused-ring (bicyclic) bond motifs is 5. The van der Waals surface area contributed by atoms with E-state index < -0.39 is 11.4 Å². The minimum absolute atomic E-state index is 0.0370. The number of carbonyl (C=O) groups excluding carboxylic acids is 1. The van der Waals surface area contributed by atoms with E-state index in [-0.39, 0.29) is 22.4 Å². The Morgan fingerprint density at radius 3 is 2.42 bits per heavy atom. The van der Waals surface area contributed by atoms with E-state index in [9.17, 15) is 20.1 Å². The number of allylic oxidation sites excluding steroid dienone is 1. The molecule has 3 unspecified atom stereocenters. The van der Waals surface area contributed by atoms with E-state index in [4.69, 9.17) is 4.74 Å². The number of hydrogen-bond acceptors (Lipinski definition) is 5. The van der Waals surface area contributed by atoms with Crippen LogP contribution in [0.2, 0.25) is 0 Å². The van der Waals surface area contributed by atoms with E-state index >= 15 is 0 Å². The van der Waals surface area contributed by atoms with Crippen LogP contribution in [-0.4, -0.2) is 32.5 Å². The minimum atomic E-state index is -1.18. The molecule has 3 saturated carbocycles. The van der Waals surface area contributed by atoms with Gasteiger partial charge in [0.25, 0.3) is 0 Å². The summed E-state index contributed by atoms with van der Waals surface area (Å²) in [6.45, 7) is 6.39. The Labute approximate surface area is 196 Å². The second-order valence-electron chi connectivity index (χ2n) is 11.7. The summed E-state index contributed by atoms with van der Waals surface area (Å²) in [6.07, 6.45) is 8.73. The van der Waals surface area contributed by atoms with Crippen LogP contribution < -0.4 is 0 Å². The Morgan fingerprint density at radius 1 is 1.03 bits per heavy atom. The molecule has 3 N–H and O–H groups in total. The van der Waals surface area contributed by atoms with Crippen LogP contribution in [0.25, 0.3) is 0 Å². The largest absolute Gasteiger partial charge is 0.508 e. The molecule has 0 aliphatic heterocycles. The van der Waals surface area contributed by atoms with Crippen molar-refractivity contribution in [3.05, 3.63) is 41.5 Å². The van der Waals surface area contributed by atoms with Crippen LogP contribution in [0.15, 0.2) is 35.9 Å². The van der Waals surface area contributed by atoms with Gasteiger partial charge in [-0.25, -0.2) is 0 Å². The van der Waals surface area contributed by atoms with Crippen molar-refractivity contribution in [1.29, 1.82) is 0 Å². The minimum Gasteiger partial charge on any atom is -0.508 e. The molecule has 4 aliphatic carbocycles. The van der Waals surface area contributed by atoms with E-state index in [1.807, 2.05) is 12.1 Å². The maximum absolute atomic E-state index is 12.4. The average molecular weight is 455 g/mol. The van der Waals surface area contributed by atoms with Crippen molar-refractivity contribution in [3.8, 4) is 5.75 Å². The predicted octanol–water partition coefficient (Wildman–Crippen LogP) is 4.88. The lowest BCUT2D eigenvalue weighted by Gasteiger charge is -2.59. The highest BCUT2D eigenvalue weighted by Gasteiger charge is 2.65. The predicted molar refractivity (Wildman–Crippen MR) is 125 cm³/mol. The lowest BCUT2D eigenvalue weighted by molar-refractivity contribution is -0.232. The summed E-state index contributed by atoms with van der Waals surface area (Å²) in [5, 5.41) is 32.1. The van der Waals surface area contributed by atoms with Crippen LogP contribution in [0, 0.1) is 28.6 Å². The quantitative estimate of drug-likeness (QED) is 0.446. The third kappa shape index (κ3) is 3.42. The highest BCUT2D eigenvalue weighted by molar-refractivity contribution is 5.86. The lowest BCUT2D eigenvalue weighted by atomic mass is 9.46. The lowest BCUT2D eigenvalue weighted by Crippen LogP contribution is -2.57. The van der Waals surface area contributed by atoms with Crippen molar-refractivity contribution in [2.75, 3.05) is 0 Å². The maximum Gasteiger partial charge on any atom is 0.169 e. The SMILES string of the molecule is CC(=O)[C@]1(O)CCC2C3CC=C4C[C@@](O)(OCc5ccc(O)cc5)CC[C@]4(C)C3CC[C@@]21C. The van der Waals surface area contributed by atoms with E-state index in [2.05, 4.69) is 19.9 Å². The zero-order chi connectivity index (χ0) is 23.6. The van der Waals surface area contributed by atoms with Gasteiger partial charge < -0.3 is 20.1 Å². The number of aliphatic hydroxyl groups is 2. The molecule has 1 aromatic rings. The molecule has 0 radical (unpaired) electrons. The number of carbonyl (C=O) groups is 1. The van der Waals surface area contributed by atoms with Gasteiger partial charge in [-0.3, -0.25) is 4.79 Å². The summed E-state index contributed by atoms with van der Waals surface area (Å²) in [4.78, 5) is 12.4. The van der Waals surface area contributed by atoms with Gasteiger partial charge in [0.2, 0.25) is 0 Å². The summed E-state index contributed by atoms with van der Waals surface area (Å²) < 4.78 is 6.03. The van der Waals surface area contributed by atoms with Gasteiger partial charge in [0.1, 0.15) is 11.4 Å². The zero-order valence-corrected chi connectivity index (χ0v) is 20.1. The fourth-order valence-electron chi connectivity index (χ4n) is 8.15. The first-order valence-corrected chi connectivity index (χ1v) is 12.6.